The van der Waals surface area contributed by atoms with Gasteiger partial charge in [0.05, 0.1) is 0 Å². The summed E-state index contributed by atoms with van der Waals surface area (Å²) < 4.78 is 18.7. The van der Waals surface area contributed by atoms with Crippen LogP contribution in [0.1, 0.15) is 0 Å². The lowest BCUT2D eigenvalue weighted by molar-refractivity contribution is -0.494. The van der Waals surface area contributed by atoms with Crippen molar-refractivity contribution in [2.45, 2.75) is 37.7 Å². The van der Waals surface area contributed by atoms with E-state index in [2.05, 4.69) is 18.9 Å². The van der Waals surface area contributed by atoms with E-state index in [4.69, 9.17) is 20.4 Å². The Hall–Kier alpha value is -0.320. The van der Waals surface area contributed by atoms with Crippen LogP contribution in [-0.2, 0) is 18.9 Å². The summed E-state index contributed by atoms with van der Waals surface area (Å²) in [5, 5.41) is 36.0. The van der Waals surface area contributed by atoms with Crippen LogP contribution in [0.3, 0.4) is 0 Å². The largest absolute Gasteiger partial charge is 0.364 e. The number of aliphatic hydroxyl groups excluding tert-OH is 4. The third-order valence-electron chi connectivity index (χ3n) is 1.80. The third kappa shape index (κ3) is 1.74. The molecule has 14 heavy (non-hydrogen) atoms. The van der Waals surface area contributed by atoms with E-state index in [1.165, 1.54) is 0 Å². The van der Waals surface area contributed by atoms with Crippen LogP contribution in [0.15, 0.2) is 0 Å². The maximum absolute atomic E-state index is 8.99. The van der Waals surface area contributed by atoms with E-state index in [9.17, 15) is 0 Å². The maximum atomic E-state index is 8.99. The summed E-state index contributed by atoms with van der Waals surface area (Å²) in [6, 6.07) is 0. The van der Waals surface area contributed by atoms with Gasteiger partial charge in [0, 0.05) is 0 Å². The summed E-state index contributed by atoms with van der Waals surface area (Å²) in [6.07, 6.45) is -8.70. The molecule has 0 aromatic carbocycles. The maximum Gasteiger partial charge on any atom is 0.215 e. The van der Waals surface area contributed by atoms with Gasteiger partial charge in [-0.25, -0.2) is 0 Å². The topological polar surface area (TPSA) is 118 Å². The molecule has 2 aliphatic heterocycles. The zero-order chi connectivity index (χ0) is 10.3. The van der Waals surface area contributed by atoms with Gasteiger partial charge in [0.2, 0.25) is 37.7 Å². The lowest BCUT2D eigenvalue weighted by atomic mass is 10.4. The molecule has 6 atom stereocenters. The van der Waals surface area contributed by atoms with Crippen LogP contribution in [0.5, 0.6) is 0 Å². The van der Waals surface area contributed by atoms with E-state index >= 15 is 0 Å². The number of ether oxygens (including phenoxy) is 4. The second kappa shape index (κ2) is 3.68. The first-order valence-corrected chi connectivity index (χ1v) is 3.92. The van der Waals surface area contributed by atoms with E-state index in [-0.39, 0.29) is 0 Å². The molecular formula is C6H10O8. The normalized spacial score (nSPS) is 54.0. The molecule has 2 saturated heterocycles. The number of hydrogen-bond acceptors (Lipinski definition) is 8. The van der Waals surface area contributed by atoms with Crippen molar-refractivity contribution in [1.82, 2.24) is 0 Å². The predicted octanol–water partition coefficient (Wildman–Crippen LogP) is -2.99. The van der Waals surface area contributed by atoms with Crippen molar-refractivity contribution < 1.29 is 39.4 Å². The zero-order valence-electron chi connectivity index (χ0n) is 6.89. The van der Waals surface area contributed by atoms with E-state index in [1.54, 1.807) is 0 Å². The number of fused-ring (bicyclic) bond motifs is 1. The van der Waals surface area contributed by atoms with Gasteiger partial charge in [0.1, 0.15) is 0 Å². The van der Waals surface area contributed by atoms with E-state index in [0.29, 0.717) is 0 Å². The van der Waals surface area contributed by atoms with Gasteiger partial charge in [-0.05, 0) is 0 Å². The van der Waals surface area contributed by atoms with Crippen molar-refractivity contribution in [2.24, 2.45) is 0 Å². The molecule has 2 rings (SSSR count). The van der Waals surface area contributed by atoms with Gasteiger partial charge >= 0.3 is 0 Å². The Morgan fingerprint density at radius 3 is 0.929 bits per heavy atom. The average molecular weight is 210 g/mol. The Kier molecular flexibility index (Phi) is 2.68. The molecule has 0 aliphatic carbocycles. The minimum absolute atomic E-state index is 1.19. The molecule has 0 bridgehead atoms. The summed E-state index contributed by atoms with van der Waals surface area (Å²) in [5.41, 5.74) is 0. The van der Waals surface area contributed by atoms with Crippen molar-refractivity contribution in [3.8, 4) is 0 Å². The second-order valence-corrected chi connectivity index (χ2v) is 2.84. The average Bonchev–Trinajstić information content (AvgIpc) is 2.11. The summed E-state index contributed by atoms with van der Waals surface area (Å²) >= 11 is 0. The minimum atomic E-state index is -1.58. The molecule has 0 spiro atoms. The molecule has 0 amide bonds. The number of rotatable bonds is 0. The third-order valence-corrected chi connectivity index (χ3v) is 1.80. The SMILES string of the molecule is O[C@@H]1OC2O[C@H](O)[C@H](O)OC2O[C@@H]1O. The first-order chi connectivity index (χ1) is 6.58. The van der Waals surface area contributed by atoms with E-state index < -0.39 is 37.7 Å². The molecule has 0 aromatic heterocycles. The van der Waals surface area contributed by atoms with Gasteiger partial charge in [0.15, 0.2) is 0 Å². The molecule has 2 unspecified atom stereocenters. The van der Waals surface area contributed by atoms with Crippen molar-refractivity contribution in [2.75, 3.05) is 0 Å². The fourth-order valence-electron chi connectivity index (χ4n) is 1.14. The smallest absolute Gasteiger partial charge is 0.215 e. The van der Waals surface area contributed by atoms with Crippen molar-refractivity contribution in [3.05, 3.63) is 0 Å². The van der Waals surface area contributed by atoms with Gasteiger partial charge in [-0.2, -0.15) is 0 Å². The molecule has 8 heteroatoms. The number of hydrogen-bond donors (Lipinski definition) is 4. The molecular weight excluding hydrogens is 200 g/mol. The minimum Gasteiger partial charge on any atom is -0.364 e. The van der Waals surface area contributed by atoms with E-state index in [1.807, 2.05) is 0 Å². The van der Waals surface area contributed by atoms with Gasteiger partial charge < -0.3 is 39.4 Å². The Labute approximate surface area is 78.2 Å². The highest BCUT2D eigenvalue weighted by Gasteiger charge is 2.45. The van der Waals surface area contributed by atoms with Crippen LogP contribution in [0.25, 0.3) is 0 Å². The highest BCUT2D eigenvalue weighted by atomic mass is 16.9. The molecule has 2 fully saturated rings. The molecule has 2 aliphatic rings. The van der Waals surface area contributed by atoms with Crippen LogP contribution in [-0.4, -0.2) is 58.2 Å². The van der Waals surface area contributed by atoms with Crippen LogP contribution >= 0.6 is 0 Å². The predicted molar refractivity (Wildman–Crippen MR) is 35.9 cm³/mol. The van der Waals surface area contributed by atoms with Crippen LogP contribution < -0.4 is 0 Å². The Morgan fingerprint density at radius 1 is 0.500 bits per heavy atom. The Balaban J connectivity index is 2.01. The Morgan fingerprint density at radius 2 is 0.714 bits per heavy atom. The van der Waals surface area contributed by atoms with Crippen LogP contribution in [0.4, 0.5) is 0 Å². The highest BCUT2D eigenvalue weighted by molar-refractivity contribution is 4.68. The molecule has 2 heterocycles. The van der Waals surface area contributed by atoms with Gasteiger partial charge in [-0.1, -0.05) is 0 Å². The van der Waals surface area contributed by atoms with Gasteiger partial charge in [-0.15, -0.1) is 0 Å². The summed E-state index contributed by atoms with van der Waals surface area (Å²) in [4.78, 5) is 0. The lowest BCUT2D eigenvalue weighted by Gasteiger charge is -2.42. The molecule has 0 radical (unpaired) electrons. The monoisotopic (exact) mass is 210 g/mol. The quantitative estimate of drug-likeness (QED) is 0.334. The molecule has 0 aromatic rings. The Bertz CT molecular complexity index is 168. The lowest BCUT2D eigenvalue weighted by Crippen LogP contribution is -2.58. The van der Waals surface area contributed by atoms with E-state index in [0.717, 1.165) is 0 Å². The van der Waals surface area contributed by atoms with Gasteiger partial charge in [0.25, 0.3) is 0 Å². The number of aliphatic hydroxyl groups is 4. The summed E-state index contributed by atoms with van der Waals surface area (Å²) in [5.74, 6) is 0. The molecule has 8 nitrogen and oxygen atoms in total. The van der Waals surface area contributed by atoms with Crippen molar-refractivity contribution in [3.63, 3.8) is 0 Å². The standard InChI is InChI=1S/C6H10O8/c7-1-2(8)12-6-5(11-1)13-3(9)4(10)14-6/h1-10H/t1-,2+,3+,4-,5?,6?. The van der Waals surface area contributed by atoms with Crippen LogP contribution in [0, 0.1) is 0 Å². The first-order valence-electron chi connectivity index (χ1n) is 3.92. The van der Waals surface area contributed by atoms with Crippen molar-refractivity contribution >= 4 is 0 Å². The second-order valence-electron chi connectivity index (χ2n) is 2.84. The fraction of sp³-hybridized carbons (Fsp3) is 1.00. The zero-order valence-corrected chi connectivity index (χ0v) is 6.89. The highest BCUT2D eigenvalue weighted by Crippen LogP contribution is 2.26. The molecule has 4 N–H and O–H groups in total. The summed E-state index contributed by atoms with van der Waals surface area (Å²) in [7, 11) is 0. The summed E-state index contributed by atoms with van der Waals surface area (Å²) in [6.45, 7) is 0. The van der Waals surface area contributed by atoms with Crippen LogP contribution in [0.2, 0.25) is 0 Å². The van der Waals surface area contributed by atoms with Crippen molar-refractivity contribution in [1.29, 1.82) is 0 Å². The molecule has 0 saturated carbocycles. The molecule has 82 valence electrons. The fourth-order valence-corrected chi connectivity index (χ4v) is 1.14. The first kappa shape index (κ1) is 10.2. The van der Waals surface area contributed by atoms with Gasteiger partial charge in [-0.3, -0.25) is 0 Å².